The van der Waals surface area contributed by atoms with E-state index >= 15 is 0 Å². The SMILES string of the molecule is CC[C@@H](CO)NC(=O)Nc1cccc(N2CCCCCC2)c1. The van der Waals surface area contributed by atoms with Crippen molar-refractivity contribution in [3.63, 3.8) is 0 Å². The van der Waals surface area contributed by atoms with Gasteiger partial charge in [0.25, 0.3) is 0 Å². The van der Waals surface area contributed by atoms with E-state index in [1.807, 2.05) is 25.1 Å². The molecule has 1 saturated heterocycles. The molecule has 0 unspecified atom stereocenters. The highest BCUT2D eigenvalue weighted by atomic mass is 16.3. The first-order chi connectivity index (χ1) is 10.7. The molecule has 22 heavy (non-hydrogen) atoms. The minimum absolute atomic E-state index is 0.0439. The summed E-state index contributed by atoms with van der Waals surface area (Å²) in [5.41, 5.74) is 1.95. The number of anilines is 2. The number of nitrogens with one attached hydrogen (secondary N) is 2. The first-order valence-corrected chi connectivity index (χ1v) is 8.26. The van der Waals surface area contributed by atoms with Crippen molar-refractivity contribution >= 4 is 17.4 Å². The molecule has 0 aliphatic carbocycles. The van der Waals surface area contributed by atoms with Gasteiger partial charge in [0.15, 0.2) is 0 Å². The summed E-state index contributed by atoms with van der Waals surface area (Å²) < 4.78 is 0. The van der Waals surface area contributed by atoms with Crippen LogP contribution in [0, 0.1) is 0 Å². The van der Waals surface area contributed by atoms with Crippen LogP contribution in [0.2, 0.25) is 0 Å². The van der Waals surface area contributed by atoms with Crippen LogP contribution >= 0.6 is 0 Å². The molecule has 1 fully saturated rings. The third kappa shape index (κ3) is 4.91. The van der Waals surface area contributed by atoms with E-state index < -0.39 is 0 Å². The van der Waals surface area contributed by atoms with Crippen LogP contribution in [-0.4, -0.2) is 36.9 Å². The minimum Gasteiger partial charge on any atom is -0.394 e. The highest BCUT2D eigenvalue weighted by molar-refractivity contribution is 5.90. The smallest absolute Gasteiger partial charge is 0.319 e. The number of carbonyl (C=O) groups is 1. The Morgan fingerprint density at radius 1 is 1.27 bits per heavy atom. The largest absolute Gasteiger partial charge is 0.394 e. The first kappa shape index (κ1) is 16.6. The molecule has 0 radical (unpaired) electrons. The number of rotatable bonds is 5. The highest BCUT2D eigenvalue weighted by Gasteiger charge is 2.12. The summed E-state index contributed by atoms with van der Waals surface area (Å²) >= 11 is 0. The number of aliphatic hydroxyl groups excluding tert-OH is 1. The van der Waals surface area contributed by atoms with Gasteiger partial charge < -0.3 is 20.6 Å². The van der Waals surface area contributed by atoms with Gasteiger partial charge in [0, 0.05) is 24.5 Å². The quantitative estimate of drug-likeness (QED) is 0.783. The maximum atomic E-state index is 11.9. The first-order valence-electron chi connectivity index (χ1n) is 8.26. The van der Waals surface area contributed by atoms with Crippen molar-refractivity contribution in [3.8, 4) is 0 Å². The Kier molecular flexibility index (Phi) is 6.52. The lowest BCUT2D eigenvalue weighted by molar-refractivity contribution is 0.222. The third-order valence-electron chi connectivity index (χ3n) is 4.12. The van der Waals surface area contributed by atoms with Crippen LogP contribution in [0.5, 0.6) is 0 Å². The van der Waals surface area contributed by atoms with Crippen molar-refractivity contribution in [2.75, 3.05) is 29.9 Å². The normalized spacial score (nSPS) is 16.7. The summed E-state index contributed by atoms with van der Waals surface area (Å²) in [6, 6.07) is 7.50. The average molecular weight is 305 g/mol. The zero-order valence-electron chi connectivity index (χ0n) is 13.3. The molecule has 1 aromatic carbocycles. The van der Waals surface area contributed by atoms with Gasteiger partial charge in [-0.1, -0.05) is 25.8 Å². The maximum absolute atomic E-state index is 11.9. The summed E-state index contributed by atoms with van der Waals surface area (Å²) in [6.45, 7) is 4.05. The van der Waals surface area contributed by atoms with E-state index in [0.29, 0.717) is 6.42 Å². The van der Waals surface area contributed by atoms with Gasteiger partial charge in [-0.25, -0.2) is 4.79 Å². The van der Waals surface area contributed by atoms with Gasteiger partial charge in [-0.3, -0.25) is 0 Å². The number of hydrogen-bond donors (Lipinski definition) is 3. The van der Waals surface area contributed by atoms with E-state index in [-0.39, 0.29) is 18.7 Å². The fourth-order valence-corrected chi connectivity index (χ4v) is 2.74. The number of urea groups is 1. The summed E-state index contributed by atoms with van der Waals surface area (Å²) in [5, 5.41) is 14.7. The van der Waals surface area contributed by atoms with Crippen molar-refractivity contribution in [1.82, 2.24) is 5.32 Å². The Hall–Kier alpha value is -1.75. The third-order valence-corrected chi connectivity index (χ3v) is 4.12. The van der Waals surface area contributed by atoms with E-state index in [1.54, 1.807) is 0 Å². The van der Waals surface area contributed by atoms with E-state index in [2.05, 4.69) is 21.6 Å². The Morgan fingerprint density at radius 3 is 2.64 bits per heavy atom. The summed E-state index contributed by atoms with van der Waals surface area (Å²) in [5.74, 6) is 0. The van der Waals surface area contributed by atoms with E-state index in [1.165, 1.54) is 25.7 Å². The standard InChI is InChI=1S/C17H27N3O2/c1-2-14(13-21)18-17(22)19-15-8-7-9-16(12-15)20-10-5-3-4-6-11-20/h7-9,12,14,21H,2-6,10-11,13H2,1H3,(H2,18,19,22)/t14-/m0/s1. The second-order valence-corrected chi connectivity index (χ2v) is 5.84. The van der Waals surface area contributed by atoms with E-state index in [0.717, 1.165) is 24.5 Å². The fourth-order valence-electron chi connectivity index (χ4n) is 2.74. The molecule has 0 saturated carbocycles. The second-order valence-electron chi connectivity index (χ2n) is 5.84. The Bertz CT molecular complexity index is 467. The van der Waals surface area contributed by atoms with Crippen LogP contribution in [0.15, 0.2) is 24.3 Å². The molecular weight excluding hydrogens is 278 g/mol. The lowest BCUT2D eigenvalue weighted by Gasteiger charge is -2.23. The zero-order valence-corrected chi connectivity index (χ0v) is 13.3. The molecule has 0 bridgehead atoms. The number of benzene rings is 1. The van der Waals surface area contributed by atoms with Crippen molar-refractivity contribution in [1.29, 1.82) is 0 Å². The van der Waals surface area contributed by atoms with Gasteiger partial charge in [-0.05, 0) is 37.5 Å². The van der Waals surface area contributed by atoms with E-state index in [9.17, 15) is 4.79 Å². The molecule has 3 N–H and O–H groups in total. The lowest BCUT2D eigenvalue weighted by Crippen LogP contribution is -2.39. The topological polar surface area (TPSA) is 64.6 Å². The number of carbonyl (C=O) groups excluding carboxylic acids is 1. The number of amides is 2. The molecule has 1 heterocycles. The van der Waals surface area contributed by atoms with Crippen LogP contribution in [0.3, 0.4) is 0 Å². The molecule has 0 aromatic heterocycles. The average Bonchev–Trinajstić information content (AvgIpc) is 2.82. The van der Waals surface area contributed by atoms with Crippen LogP contribution in [0.4, 0.5) is 16.2 Å². The van der Waals surface area contributed by atoms with E-state index in [4.69, 9.17) is 5.11 Å². The second kappa shape index (κ2) is 8.63. The molecular formula is C17H27N3O2. The molecule has 2 amide bonds. The molecule has 1 aliphatic heterocycles. The molecule has 5 nitrogen and oxygen atoms in total. The molecule has 0 spiro atoms. The Labute approximate surface area is 132 Å². The van der Waals surface area contributed by atoms with Gasteiger partial charge in [-0.15, -0.1) is 0 Å². The van der Waals surface area contributed by atoms with Gasteiger partial charge in [0.1, 0.15) is 0 Å². The number of aliphatic hydroxyl groups is 1. The predicted molar refractivity (Wildman–Crippen MR) is 90.4 cm³/mol. The van der Waals surface area contributed by atoms with Crippen LogP contribution in [-0.2, 0) is 0 Å². The molecule has 1 atom stereocenters. The maximum Gasteiger partial charge on any atom is 0.319 e. The van der Waals surface area contributed by atoms with Crippen LogP contribution < -0.4 is 15.5 Å². The Balaban J connectivity index is 1.97. The highest BCUT2D eigenvalue weighted by Crippen LogP contribution is 2.22. The fraction of sp³-hybridized carbons (Fsp3) is 0.588. The minimum atomic E-state index is -0.270. The zero-order chi connectivity index (χ0) is 15.8. The lowest BCUT2D eigenvalue weighted by atomic mass is 10.2. The molecule has 5 heteroatoms. The van der Waals surface area contributed by atoms with Crippen LogP contribution in [0.1, 0.15) is 39.0 Å². The van der Waals surface area contributed by atoms with Crippen molar-refractivity contribution < 1.29 is 9.90 Å². The van der Waals surface area contributed by atoms with Gasteiger partial charge in [0.2, 0.25) is 0 Å². The summed E-state index contributed by atoms with van der Waals surface area (Å²) in [7, 11) is 0. The van der Waals surface area contributed by atoms with Crippen LogP contribution in [0.25, 0.3) is 0 Å². The van der Waals surface area contributed by atoms with Gasteiger partial charge in [0.05, 0.1) is 12.6 Å². The monoisotopic (exact) mass is 305 g/mol. The molecule has 1 aliphatic rings. The van der Waals surface area contributed by atoms with Crippen molar-refractivity contribution in [2.45, 2.75) is 45.1 Å². The number of nitrogens with zero attached hydrogens (tertiary/aromatic N) is 1. The number of hydrogen-bond acceptors (Lipinski definition) is 3. The van der Waals surface area contributed by atoms with Gasteiger partial charge >= 0.3 is 6.03 Å². The van der Waals surface area contributed by atoms with Crippen molar-refractivity contribution in [3.05, 3.63) is 24.3 Å². The molecule has 1 aromatic rings. The molecule has 2 rings (SSSR count). The summed E-state index contributed by atoms with van der Waals surface area (Å²) in [6.07, 6.45) is 5.77. The predicted octanol–water partition coefficient (Wildman–Crippen LogP) is 2.96. The van der Waals surface area contributed by atoms with Crippen molar-refractivity contribution in [2.24, 2.45) is 0 Å². The molecule has 122 valence electrons. The Morgan fingerprint density at radius 2 is 2.00 bits per heavy atom. The summed E-state index contributed by atoms with van der Waals surface area (Å²) in [4.78, 5) is 14.3. The van der Waals surface area contributed by atoms with Gasteiger partial charge in [-0.2, -0.15) is 0 Å².